The second-order valence-electron chi connectivity index (χ2n) is 7.73. The molecule has 1 aliphatic rings. The molecule has 1 fully saturated rings. The Kier molecular flexibility index (Phi) is 6.89. The Morgan fingerprint density at radius 1 is 1.06 bits per heavy atom. The average molecular weight is 452 g/mol. The number of rotatable bonds is 5. The van der Waals surface area contributed by atoms with E-state index in [-0.39, 0.29) is 42.7 Å². The summed E-state index contributed by atoms with van der Waals surface area (Å²) in [6.45, 7) is 1.21. The minimum absolute atomic E-state index is 0.113. The first kappa shape index (κ1) is 23.7. The first-order valence-corrected chi connectivity index (χ1v) is 9.91. The largest absolute Gasteiger partial charge is 0.454 e. The van der Waals surface area contributed by atoms with Gasteiger partial charge in [0.05, 0.1) is 5.56 Å². The number of piperidine rings is 1. The molecule has 0 bridgehead atoms. The number of nitrogens with one attached hydrogen (secondary N) is 1. The van der Waals surface area contributed by atoms with Crippen LogP contribution in [0.3, 0.4) is 0 Å². The standard InChI is InChI=1S/C21H21BF4N2O4/c1-12-10-15(3-5-17(12)23)27-19(29)13-2-4-18(24)16(11-13)21(25,26)20(30)28-8-6-14(7-9-28)22(31)32/h2-5,10-11,14,31-32H,6-9H2,1H3,(H,27,29). The zero-order valence-corrected chi connectivity index (χ0v) is 17.1. The molecular formula is C21H21BF4N2O4. The quantitative estimate of drug-likeness (QED) is 0.481. The van der Waals surface area contributed by atoms with Crippen molar-refractivity contribution in [2.24, 2.45) is 0 Å². The molecule has 6 nitrogen and oxygen atoms in total. The van der Waals surface area contributed by atoms with Crippen LogP contribution in [0.2, 0.25) is 5.82 Å². The number of nitrogens with zero attached hydrogens (tertiary/aromatic N) is 1. The van der Waals surface area contributed by atoms with Gasteiger partial charge >= 0.3 is 13.0 Å². The van der Waals surface area contributed by atoms with Crippen molar-refractivity contribution in [1.82, 2.24) is 4.90 Å². The molecule has 0 atom stereocenters. The van der Waals surface area contributed by atoms with Gasteiger partial charge in [-0.1, -0.05) is 0 Å². The highest BCUT2D eigenvalue weighted by Gasteiger charge is 2.47. The highest BCUT2D eigenvalue weighted by atomic mass is 19.3. The van der Waals surface area contributed by atoms with Gasteiger partial charge in [0.1, 0.15) is 11.6 Å². The molecule has 0 aliphatic carbocycles. The van der Waals surface area contributed by atoms with E-state index in [1.807, 2.05) is 0 Å². The first-order valence-electron chi connectivity index (χ1n) is 9.91. The summed E-state index contributed by atoms with van der Waals surface area (Å²) in [6.07, 6.45) is 0.225. The Bertz CT molecular complexity index is 1030. The lowest BCUT2D eigenvalue weighted by molar-refractivity contribution is -0.160. The molecule has 0 unspecified atom stereocenters. The van der Waals surface area contributed by atoms with E-state index in [1.54, 1.807) is 0 Å². The van der Waals surface area contributed by atoms with Crippen LogP contribution < -0.4 is 5.32 Å². The van der Waals surface area contributed by atoms with E-state index in [0.717, 1.165) is 17.0 Å². The smallest absolute Gasteiger partial charge is 0.427 e. The molecule has 3 rings (SSSR count). The molecule has 2 aromatic carbocycles. The highest BCUT2D eigenvalue weighted by molar-refractivity contribution is 6.43. The predicted molar refractivity (Wildman–Crippen MR) is 109 cm³/mol. The summed E-state index contributed by atoms with van der Waals surface area (Å²) in [5.41, 5.74) is -1.07. The lowest BCUT2D eigenvalue weighted by Crippen LogP contribution is -2.47. The lowest BCUT2D eigenvalue weighted by Gasteiger charge is -2.33. The topological polar surface area (TPSA) is 89.9 Å². The summed E-state index contributed by atoms with van der Waals surface area (Å²) in [6, 6.07) is 6.06. The van der Waals surface area contributed by atoms with Gasteiger partial charge in [-0.15, -0.1) is 0 Å². The number of likely N-dealkylation sites (tertiary alicyclic amines) is 1. The van der Waals surface area contributed by atoms with Gasteiger partial charge < -0.3 is 20.3 Å². The molecule has 0 radical (unpaired) electrons. The van der Waals surface area contributed by atoms with Crippen LogP contribution in [-0.4, -0.2) is 47.0 Å². The fourth-order valence-electron chi connectivity index (χ4n) is 3.55. The van der Waals surface area contributed by atoms with Gasteiger partial charge in [0, 0.05) is 24.3 Å². The fourth-order valence-corrected chi connectivity index (χ4v) is 3.55. The minimum Gasteiger partial charge on any atom is -0.427 e. The van der Waals surface area contributed by atoms with Gasteiger partial charge in [-0.3, -0.25) is 9.59 Å². The van der Waals surface area contributed by atoms with Crippen molar-refractivity contribution in [2.75, 3.05) is 18.4 Å². The van der Waals surface area contributed by atoms with E-state index in [1.165, 1.54) is 19.1 Å². The second kappa shape index (κ2) is 9.29. The normalized spacial score (nSPS) is 14.9. The van der Waals surface area contributed by atoms with E-state index < -0.39 is 47.9 Å². The summed E-state index contributed by atoms with van der Waals surface area (Å²) >= 11 is 0. The summed E-state index contributed by atoms with van der Waals surface area (Å²) in [5.74, 6) is -9.07. The predicted octanol–water partition coefficient (Wildman–Crippen LogP) is 3.08. The number of hydrogen-bond acceptors (Lipinski definition) is 4. The van der Waals surface area contributed by atoms with Crippen LogP contribution in [0, 0.1) is 18.6 Å². The Hall–Kier alpha value is -2.92. The number of benzene rings is 2. The van der Waals surface area contributed by atoms with Gasteiger partial charge in [0.15, 0.2) is 0 Å². The van der Waals surface area contributed by atoms with Crippen LogP contribution in [0.5, 0.6) is 0 Å². The summed E-state index contributed by atoms with van der Waals surface area (Å²) in [5, 5.41) is 20.8. The number of hydrogen-bond donors (Lipinski definition) is 3. The Morgan fingerprint density at radius 2 is 1.69 bits per heavy atom. The maximum atomic E-state index is 14.9. The number of halogens is 4. The lowest BCUT2D eigenvalue weighted by atomic mass is 9.67. The molecule has 0 spiro atoms. The summed E-state index contributed by atoms with van der Waals surface area (Å²) in [4.78, 5) is 25.7. The van der Waals surface area contributed by atoms with Crippen LogP contribution in [-0.2, 0) is 10.7 Å². The SMILES string of the molecule is Cc1cc(NC(=O)c2ccc(F)c(C(F)(F)C(=O)N3CCC(B(O)O)CC3)c2)ccc1F. The Morgan fingerprint density at radius 3 is 2.28 bits per heavy atom. The third-order valence-corrected chi connectivity index (χ3v) is 5.50. The number of alkyl halides is 2. The minimum atomic E-state index is -4.24. The van der Waals surface area contributed by atoms with Gasteiger partial charge in [-0.2, -0.15) is 8.78 Å². The van der Waals surface area contributed by atoms with E-state index in [4.69, 9.17) is 0 Å². The number of amides is 2. The molecule has 170 valence electrons. The third-order valence-electron chi connectivity index (χ3n) is 5.50. The van der Waals surface area contributed by atoms with Crippen LogP contribution in [0.15, 0.2) is 36.4 Å². The van der Waals surface area contributed by atoms with E-state index in [2.05, 4.69) is 5.32 Å². The monoisotopic (exact) mass is 452 g/mol. The maximum Gasteiger partial charge on any atom is 0.454 e. The molecule has 32 heavy (non-hydrogen) atoms. The van der Waals surface area contributed by atoms with Crippen molar-refractivity contribution < 1.29 is 37.2 Å². The number of carbonyl (C=O) groups excluding carboxylic acids is 2. The Labute approximate surface area is 182 Å². The van der Waals surface area contributed by atoms with Gasteiger partial charge in [0.25, 0.3) is 11.8 Å². The molecule has 2 aromatic rings. The van der Waals surface area contributed by atoms with Crippen molar-refractivity contribution >= 4 is 24.6 Å². The molecule has 1 aliphatic heterocycles. The van der Waals surface area contributed by atoms with Crippen LogP contribution in [0.1, 0.15) is 34.3 Å². The number of carbonyl (C=O) groups is 2. The fraction of sp³-hybridized carbons (Fsp3) is 0.333. The average Bonchev–Trinajstić information content (AvgIpc) is 2.76. The molecule has 0 aromatic heterocycles. The Balaban J connectivity index is 1.79. The molecule has 11 heteroatoms. The van der Waals surface area contributed by atoms with Crippen molar-refractivity contribution in [3.63, 3.8) is 0 Å². The first-order chi connectivity index (χ1) is 15.0. The maximum absolute atomic E-state index is 14.9. The molecule has 1 saturated heterocycles. The highest BCUT2D eigenvalue weighted by Crippen LogP contribution is 2.35. The molecule has 3 N–H and O–H groups in total. The molecular weight excluding hydrogens is 431 g/mol. The molecule has 2 amide bonds. The van der Waals surface area contributed by atoms with Gasteiger partial charge in [-0.05, 0) is 67.5 Å². The van der Waals surface area contributed by atoms with E-state index in [0.29, 0.717) is 12.1 Å². The zero-order valence-electron chi connectivity index (χ0n) is 17.1. The zero-order chi connectivity index (χ0) is 23.6. The van der Waals surface area contributed by atoms with Crippen LogP contribution in [0.4, 0.5) is 23.2 Å². The summed E-state index contributed by atoms with van der Waals surface area (Å²) in [7, 11) is -1.61. The molecule has 1 heterocycles. The number of anilines is 1. The van der Waals surface area contributed by atoms with E-state index in [9.17, 15) is 37.2 Å². The van der Waals surface area contributed by atoms with E-state index >= 15 is 0 Å². The van der Waals surface area contributed by atoms with Crippen molar-refractivity contribution in [1.29, 1.82) is 0 Å². The van der Waals surface area contributed by atoms with Crippen molar-refractivity contribution in [3.05, 3.63) is 64.7 Å². The van der Waals surface area contributed by atoms with Crippen molar-refractivity contribution in [2.45, 2.75) is 31.5 Å². The van der Waals surface area contributed by atoms with Crippen LogP contribution >= 0.6 is 0 Å². The van der Waals surface area contributed by atoms with Gasteiger partial charge in [0.2, 0.25) is 0 Å². The summed E-state index contributed by atoms with van der Waals surface area (Å²) < 4.78 is 57.5. The third kappa shape index (κ3) is 4.94. The van der Waals surface area contributed by atoms with Gasteiger partial charge in [-0.25, -0.2) is 8.78 Å². The molecule has 0 saturated carbocycles. The second-order valence-corrected chi connectivity index (χ2v) is 7.73. The van der Waals surface area contributed by atoms with Crippen LogP contribution in [0.25, 0.3) is 0 Å². The number of aryl methyl sites for hydroxylation is 1. The van der Waals surface area contributed by atoms with Crippen molar-refractivity contribution in [3.8, 4) is 0 Å².